The minimum Gasteiger partial charge on any atom is -0.446 e. The molecule has 0 N–H and O–H groups in total. The fourth-order valence-electron chi connectivity index (χ4n) is 0.829. The molecule has 0 bridgehead atoms. The van der Waals surface area contributed by atoms with Crippen molar-refractivity contribution in [1.29, 1.82) is 0 Å². The number of aromatic nitrogens is 1. The molecule has 12 heavy (non-hydrogen) atoms. The van der Waals surface area contributed by atoms with E-state index in [2.05, 4.69) is 27.8 Å². The van der Waals surface area contributed by atoms with Crippen molar-refractivity contribution in [2.24, 2.45) is 0 Å². The maximum Gasteiger partial charge on any atom is 0.181 e. The molecule has 0 saturated heterocycles. The molecule has 0 amide bonds. The van der Waals surface area contributed by atoms with Gasteiger partial charge in [0.15, 0.2) is 12.2 Å². The summed E-state index contributed by atoms with van der Waals surface area (Å²) in [5, 5.41) is 0.717. The molecule has 1 aromatic heterocycles. The molecule has 0 radical (unpaired) electrons. The van der Waals surface area contributed by atoms with Gasteiger partial charge in [-0.3, -0.25) is 0 Å². The van der Waals surface area contributed by atoms with Crippen molar-refractivity contribution in [3.8, 4) is 0 Å². The van der Waals surface area contributed by atoms with Gasteiger partial charge < -0.3 is 9.15 Å². The third-order valence-corrected chi connectivity index (χ3v) is 1.96. The van der Waals surface area contributed by atoms with Gasteiger partial charge in [-0.25, -0.2) is 4.98 Å². The van der Waals surface area contributed by atoms with Crippen LogP contribution in [-0.2, 0) is 16.7 Å². The summed E-state index contributed by atoms with van der Waals surface area (Å²) in [4.78, 5) is 4.02. The van der Waals surface area contributed by atoms with Gasteiger partial charge >= 0.3 is 0 Å². The predicted octanol–water partition coefficient (Wildman–Crippen LogP) is 2.50. The van der Waals surface area contributed by atoms with E-state index in [1.807, 2.05) is 0 Å². The predicted molar refractivity (Wildman–Crippen MR) is 49.1 cm³/mol. The highest BCUT2D eigenvalue weighted by Gasteiger charge is 2.05. The highest BCUT2D eigenvalue weighted by molar-refractivity contribution is 9.08. The lowest BCUT2D eigenvalue weighted by atomic mass is 10.4. The first kappa shape index (κ1) is 9.74. The third-order valence-electron chi connectivity index (χ3n) is 1.43. The number of hydrogen-bond donors (Lipinski definition) is 0. The van der Waals surface area contributed by atoms with Crippen LogP contribution in [0.5, 0.6) is 0 Å². The van der Waals surface area contributed by atoms with Crippen molar-refractivity contribution in [1.82, 2.24) is 4.98 Å². The van der Waals surface area contributed by atoms with E-state index in [-0.39, 0.29) is 0 Å². The molecule has 0 aliphatic rings. The zero-order valence-corrected chi connectivity index (χ0v) is 8.63. The summed E-state index contributed by atoms with van der Waals surface area (Å²) >= 11 is 3.32. The van der Waals surface area contributed by atoms with Crippen LogP contribution in [-0.4, -0.2) is 11.6 Å². The Kier molecular flexibility index (Phi) is 4.32. The summed E-state index contributed by atoms with van der Waals surface area (Å²) in [7, 11) is 0. The normalized spacial score (nSPS) is 10.5. The highest BCUT2D eigenvalue weighted by Crippen LogP contribution is 2.11. The maximum atomic E-state index is 5.32. The third kappa shape index (κ3) is 2.60. The maximum absolute atomic E-state index is 5.32. The molecular weight excluding hydrogens is 222 g/mol. The molecule has 0 aromatic carbocycles. The fourth-order valence-corrected chi connectivity index (χ4v) is 1.29. The molecule has 0 saturated carbocycles. The van der Waals surface area contributed by atoms with Crippen LogP contribution >= 0.6 is 15.9 Å². The number of rotatable bonds is 5. The number of oxazole rings is 1. The van der Waals surface area contributed by atoms with Crippen LogP contribution in [0.1, 0.15) is 24.8 Å². The van der Waals surface area contributed by atoms with Gasteiger partial charge in [0, 0.05) is 11.9 Å². The van der Waals surface area contributed by atoms with Gasteiger partial charge in [0.25, 0.3) is 0 Å². The monoisotopic (exact) mass is 233 g/mol. The standard InChI is InChI=1S/C8H12BrNO2/c1-2-3-11-5-8-7(4-9)10-6-12-8/h6H,2-5H2,1H3. The SMILES string of the molecule is CCCOCc1ocnc1CBr. The number of alkyl halides is 1. The molecule has 4 heteroatoms. The average Bonchev–Trinajstić information content (AvgIpc) is 2.52. The zero-order valence-electron chi connectivity index (χ0n) is 7.05. The Morgan fingerprint density at radius 2 is 2.50 bits per heavy atom. The lowest BCUT2D eigenvalue weighted by Gasteiger charge is -1.99. The Hall–Kier alpha value is -0.350. The molecular formula is C8H12BrNO2. The second kappa shape index (κ2) is 5.32. The van der Waals surface area contributed by atoms with Crippen molar-refractivity contribution in [3.63, 3.8) is 0 Å². The first-order valence-corrected chi connectivity index (χ1v) is 5.05. The Balaban J connectivity index is 2.39. The molecule has 0 aliphatic heterocycles. The fraction of sp³-hybridized carbons (Fsp3) is 0.625. The zero-order chi connectivity index (χ0) is 8.81. The first-order valence-electron chi connectivity index (χ1n) is 3.93. The summed E-state index contributed by atoms with van der Waals surface area (Å²) < 4.78 is 10.5. The Morgan fingerprint density at radius 3 is 3.17 bits per heavy atom. The van der Waals surface area contributed by atoms with Gasteiger partial charge in [0.05, 0.1) is 5.69 Å². The number of ether oxygens (including phenoxy) is 1. The summed E-state index contributed by atoms with van der Waals surface area (Å²) in [5.41, 5.74) is 0.922. The minimum atomic E-state index is 0.523. The average molecular weight is 234 g/mol. The second-order valence-corrected chi connectivity index (χ2v) is 2.97. The Morgan fingerprint density at radius 1 is 1.67 bits per heavy atom. The van der Waals surface area contributed by atoms with Crippen LogP contribution in [0, 0.1) is 0 Å². The second-order valence-electron chi connectivity index (χ2n) is 2.41. The van der Waals surface area contributed by atoms with Gasteiger partial charge in [-0.05, 0) is 6.42 Å². The van der Waals surface area contributed by atoms with E-state index in [4.69, 9.17) is 9.15 Å². The van der Waals surface area contributed by atoms with Gasteiger partial charge in [-0.1, -0.05) is 22.9 Å². The van der Waals surface area contributed by atoms with E-state index >= 15 is 0 Å². The number of nitrogens with zero attached hydrogens (tertiary/aromatic N) is 1. The van der Waals surface area contributed by atoms with Crippen LogP contribution in [0.4, 0.5) is 0 Å². The van der Waals surface area contributed by atoms with E-state index in [9.17, 15) is 0 Å². The van der Waals surface area contributed by atoms with Crippen molar-refractivity contribution < 1.29 is 9.15 Å². The summed E-state index contributed by atoms with van der Waals surface area (Å²) in [6, 6.07) is 0. The van der Waals surface area contributed by atoms with Crippen molar-refractivity contribution in [2.45, 2.75) is 25.3 Å². The van der Waals surface area contributed by atoms with E-state index in [1.54, 1.807) is 0 Å². The van der Waals surface area contributed by atoms with Crippen LogP contribution < -0.4 is 0 Å². The Bertz CT molecular complexity index is 225. The lowest BCUT2D eigenvalue weighted by molar-refractivity contribution is 0.106. The molecule has 0 atom stereocenters. The van der Waals surface area contributed by atoms with Crippen LogP contribution in [0.2, 0.25) is 0 Å². The molecule has 68 valence electrons. The number of halogens is 1. The molecule has 1 heterocycles. The van der Waals surface area contributed by atoms with Crippen molar-refractivity contribution in [3.05, 3.63) is 17.8 Å². The van der Waals surface area contributed by atoms with Gasteiger partial charge in [-0.2, -0.15) is 0 Å². The highest BCUT2D eigenvalue weighted by atomic mass is 79.9. The van der Waals surface area contributed by atoms with Crippen LogP contribution in [0.15, 0.2) is 10.8 Å². The van der Waals surface area contributed by atoms with E-state index < -0.39 is 0 Å². The molecule has 0 spiro atoms. The lowest BCUT2D eigenvalue weighted by Crippen LogP contribution is -1.95. The van der Waals surface area contributed by atoms with Crippen LogP contribution in [0.3, 0.4) is 0 Å². The minimum absolute atomic E-state index is 0.523. The Labute approximate surface area is 80.3 Å². The quantitative estimate of drug-likeness (QED) is 0.580. The molecule has 0 fully saturated rings. The summed E-state index contributed by atoms with van der Waals surface area (Å²) in [6.07, 6.45) is 2.47. The van der Waals surface area contributed by atoms with E-state index in [1.165, 1.54) is 6.39 Å². The topological polar surface area (TPSA) is 35.3 Å². The van der Waals surface area contributed by atoms with E-state index in [0.717, 1.165) is 24.5 Å². The van der Waals surface area contributed by atoms with Crippen LogP contribution in [0.25, 0.3) is 0 Å². The van der Waals surface area contributed by atoms with Crippen molar-refractivity contribution >= 4 is 15.9 Å². The summed E-state index contributed by atoms with van der Waals surface area (Å²) in [6.45, 7) is 3.36. The van der Waals surface area contributed by atoms with Crippen molar-refractivity contribution in [2.75, 3.05) is 6.61 Å². The molecule has 3 nitrogen and oxygen atoms in total. The van der Waals surface area contributed by atoms with Gasteiger partial charge in [-0.15, -0.1) is 0 Å². The van der Waals surface area contributed by atoms with Gasteiger partial charge in [0.2, 0.25) is 0 Å². The smallest absolute Gasteiger partial charge is 0.181 e. The first-order chi connectivity index (χ1) is 5.88. The van der Waals surface area contributed by atoms with Gasteiger partial charge in [0.1, 0.15) is 6.61 Å². The van der Waals surface area contributed by atoms with E-state index in [0.29, 0.717) is 11.9 Å². The molecule has 1 rings (SSSR count). The molecule has 1 aromatic rings. The number of hydrogen-bond acceptors (Lipinski definition) is 3. The largest absolute Gasteiger partial charge is 0.446 e. The summed E-state index contributed by atoms with van der Waals surface area (Å²) in [5.74, 6) is 0.820. The molecule has 0 unspecified atom stereocenters. The molecule has 0 aliphatic carbocycles.